The molecule has 2 heterocycles. The first-order valence-electron chi connectivity index (χ1n) is 8.48. The van der Waals surface area contributed by atoms with Gasteiger partial charge in [-0.25, -0.2) is 4.79 Å². The molecule has 3 rings (SSSR count). The number of hydrogen-bond donors (Lipinski definition) is 3. The Morgan fingerprint density at radius 1 is 1.16 bits per heavy atom. The number of ether oxygens (including phenoxy) is 1. The maximum atomic E-state index is 12.2. The minimum absolute atomic E-state index is 0. The molecule has 1 aromatic carbocycles. The van der Waals surface area contributed by atoms with Crippen LogP contribution < -0.4 is 16.0 Å². The third-order valence-corrected chi connectivity index (χ3v) is 4.27. The third-order valence-electron chi connectivity index (χ3n) is 4.27. The maximum absolute atomic E-state index is 12.2. The van der Waals surface area contributed by atoms with Crippen molar-refractivity contribution in [3.8, 4) is 0 Å². The van der Waals surface area contributed by atoms with E-state index < -0.39 is 0 Å². The first kappa shape index (κ1) is 19.5. The van der Waals surface area contributed by atoms with Gasteiger partial charge in [0.05, 0.1) is 24.6 Å². The van der Waals surface area contributed by atoms with Crippen LogP contribution in [0.15, 0.2) is 24.3 Å². The predicted octanol–water partition coefficient (Wildman–Crippen LogP) is 2.05. The molecule has 1 unspecified atom stereocenters. The lowest BCUT2D eigenvalue weighted by Gasteiger charge is -2.23. The number of halogens is 1. The second-order valence-electron chi connectivity index (χ2n) is 6.15. The van der Waals surface area contributed by atoms with E-state index in [0.717, 1.165) is 32.5 Å². The number of benzene rings is 1. The summed E-state index contributed by atoms with van der Waals surface area (Å²) in [6.07, 6.45) is 2.43. The van der Waals surface area contributed by atoms with Gasteiger partial charge >= 0.3 is 6.03 Å². The highest BCUT2D eigenvalue weighted by atomic mass is 35.5. The van der Waals surface area contributed by atoms with Crippen LogP contribution in [0.3, 0.4) is 0 Å². The number of carbonyl (C=O) groups is 2. The van der Waals surface area contributed by atoms with Gasteiger partial charge < -0.3 is 25.6 Å². The molecule has 2 fully saturated rings. The molecule has 2 aliphatic rings. The molecule has 138 valence electrons. The molecular formula is C17H25ClN4O3. The molecule has 7 nitrogen and oxygen atoms in total. The monoisotopic (exact) mass is 368 g/mol. The lowest BCUT2D eigenvalue weighted by atomic mass is 10.2. The van der Waals surface area contributed by atoms with Gasteiger partial charge in [-0.05, 0) is 25.0 Å². The summed E-state index contributed by atoms with van der Waals surface area (Å²) in [5.41, 5.74) is 1.24. The Morgan fingerprint density at radius 2 is 1.84 bits per heavy atom. The van der Waals surface area contributed by atoms with Gasteiger partial charge in [-0.2, -0.15) is 0 Å². The van der Waals surface area contributed by atoms with Gasteiger partial charge in [-0.3, -0.25) is 4.79 Å². The summed E-state index contributed by atoms with van der Waals surface area (Å²) in [6, 6.07) is 7.18. The fourth-order valence-corrected chi connectivity index (χ4v) is 2.99. The molecule has 2 saturated heterocycles. The smallest absolute Gasteiger partial charge is 0.321 e. The van der Waals surface area contributed by atoms with E-state index in [1.165, 1.54) is 0 Å². The zero-order valence-corrected chi connectivity index (χ0v) is 14.9. The average Bonchev–Trinajstić information content (AvgIpc) is 3.12. The summed E-state index contributed by atoms with van der Waals surface area (Å²) in [6.45, 7) is 3.56. The molecule has 0 aliphatic carbocycles. The summed E-state index contributed by atoms with van der Waals surface area (Å²) < 4.78 is 5.36. The molecule has 8 heteroatoms. The second kappa shape index (κ2) is 9.60. The van der Waals surface area contributed by atoms with Crippen molar-refractivity contribution in [1.29, 1.82) is 0 Å². The second-order valence-corrected chi connectivity index (χ2v) is 6.15. The van der Waals surface area contributed by atoms with Crippen LogP contribution >= 0.6 is 12.4 Å². The molecule has 25 heavy (non-hydrogen) atoms. The highest BCUT2D eigenvalue weighted by molar-refractivity contribution is 5.99. The normalized spacial score (nSPS) is 19.8. The van der Waals surface area contributed by atoms with Gasteiger partial charge in [-0.1, -0.05) is 12.1 Å². The Balaban J connectivity index is 0.00000225. The molecule has 0 spiro atoms. The molecule has 0 bridgehead atoms. The topological polar surface area (TPSA) is 82.7 Å². The van der Waals surface area contributed by atoms with Crippen molar-refractivity contribution >= 4 is 35.7 Å². The number of amides is 3. The lowest BCUT2D eigenvalue weighted by molar-refractivity contribution is -0.117. The Labute approximate surface area is 153 Å². The molecule has 0 radical (unpaired) electrons. The van der Waals surface area contributed by atoms with E-state index in [1.54, 1.807) is 17.0 Å². The summed E-state index contributed by atoms with van der Waals surface area (Å²) in [4.78, 5) is 26.3. The van der Waals surface area contributed by atoms with E-state index in [2.05, 4.69) is 16.0 Å². The van der Waals surface area contributed by atoms with E-state index in [-0.39, 0.29) is 30.4 Å². The Hall–Kier alpha value is -1.83. The van der Waals surface area contributed by atoms with Crippen molar-refractivity contribution < 1.29 is 14.3 Å². The van der Waals surface area contributed by atoms with Crippen LogP contribution in [0.4, 0.5) is 16.2 Å². The molecule has 0 aromatic heterocycles. The SMILES string of the molecule is Cl.O=C(CC1COCCN1)Nc1ccccc1NC(=O)N1CCCC1. The first-order valence-corrected chi connectivity index (χ1v) is 8.48. The van der Waals surface area contributed by atoms with Crippen LogP contribution in [0.2, 0.25) is 0 Å². The Morgan fingerprint density at radius 3 is 2.48 bits per heavy atom. The minimum atomic E-state index is -0.114. The molecule has 3 N–H and O–H groups in total. The van der Waals surface area contributed by atoms with Crippen molar-refractivity contribution in [3.63, 3.8) is 0 Å². The zero-order valence-electron chi connectivity index (χ0n) is 14.1. The van der Waals surface area contributed by atoms with E-state index in [9.17, 15) is 9.59 Å². The van der Waals surface area contributed by atoms with Gasteiger partial charge in [0.2, 0.25) is 5.91 Å². The molecule has 3 amide bonds. The van der Waals surface area contributed by atoms with Crippen molar-refractivity contribution in [1.82, 2.24) is 10.2 Å². The third kappa shape index (κ3) is 5.59. The van der Waals surface area contributed by atoms with Crippen LogP contribution in [0, 0.1) is 0 Å². The summed E-state index contributed by atoms with van der Waals surface area (Å²) in [5.74, 6) is -0.0964. The predicted molar refractivity (Wildman–Crippen MR) is 99.4 cm³/mol. The number of nitrogens with zero attached hydrogens (tertiary/aromatic N) is 1. The molecular weight excluding hydrogens is 344 g/mol. The zero-order chi connectivity index (χ0) is 16.8. The summed E-state index contributed by atoms with van der Waals surface area (Å²) in [7, 11) is 0. The van der Waals surface area contributed by atoms with Crippen LogP contribution in [0.5, 0.6) is 0 Å². The number of anilines is 2. The highest BCUT2D eigenvalue weighted by Crippen LogP contribution is 2.22. The van der Waals surface area contributed by atoms with E-state index >= 15 is 0 Å². The lowest BCUT2D eigenvalue weighted by Crippen LogP contribution is -2.43. The van der Waals surface area contributed by atoms with Crippen molar-refractivity contribution in [2.45, 2.75) is 25.3 Å². The van der Waals surface area contributed by atoms with Crippen molar-refractivity contribution in [2.24, 2.45) is 0 Å². The van der Waals surface area contributed by atoms with Gasteiger partial charge in [0.15, 0.2) is 0 Å². The number of carbonyl (C=O) groups excluding carboxylic acids is 2. The number of likely N-dealkylation sites (tertiary alicyclic amines) is 1. The van der Waals surface area contributed by atoms with Gasteiger partial charge in [0.25, 0.3) is 0 Å². The van der Waals surface area contributed by atoms with Gasteiger partial charge in [0.1, 0.15) is 0 Å². The fourth-order valence-electron chi connectivity index (χ4n) is 2.99. The molecule has 1 atom stereocenters. The average molecular weight is 369 g/mol. The van der Waals surface area contributed by atoms with Gasteiger partial charge in [0, 0.05) is 32.1 Å². The number of hydrogen-bond acceptors (Lipinski definition) is 4. The van der Waals surface area contributed by atoms with Crippen molar-refractivity contribution in [2.75, 3.05) is 43.5 Å². The number of rotatable bonds is 4. The Bertz CT molecular complexity index is 587. The van der Waals surface area contributed by atoms with E-state index in [4.69, 9.17) is 4.74 Å². The highest BCUT2D eigenvalue weighted by Gasteiger charge is 2.20. The van der Waals surface area contributed by atoms with E-state index in [1.807, 2.05) is 12.1 Å². The first-order chi connectivity index (χ1) is 11.7. The van der Waals surface area contributed by atoms with Crippen molar-refractivity contribution in [3.05, 3.63) is 24.3 Å². The summed E-state index contributed by atoms with van der Waals surface area (Å²) in [5, 5.41) is 9.04. The number of para-hydroxylation sites is 2. The number of morpholine rings is 1. The van der Waals surface area contributed by atoms with Crippen LogP contribution in [0.1, 0.15) is 19.3 Å². The van der Waals surface area contributed by atoms with E-state index in [0.29, 0.717) is 31.0 Å². The molecule has 1 aromatic rings. The largest absolute Gasteiger partial charge is 0.378 e. The Kier molecular flexibility index (Phi) is 7.49. The number of urea groups is 1. The maximum Gasteiger partial charge on any atom is 0.321 e. The fraction of sp³-hybridized carbons (Fsp3) is 0.529. The van der Waals surface area contributed by atoms with Gasteiger partial charge in [-0.15, -0.1) is 12.4 Å². The standard InChI is InChI=1S/C17H24N4O3.ClH/c22-16(11-13-12-24-10-7-18-13)19-14-5-1-2-6-15(14)20-17(23)21-8-3-4-9-21;/h1-2,5-6,13,18H,3-4,7-12H2,(H,19,22)(H,20,23);1H. The van der Waals surface area contributed by atoms with Crippen LogP contribution in [0.25, 0.3) is 0 Å². The molecule has 2 aliphatic heterocycles. The van der Waals surface area contributed by atoms with Crippen LogP contribution in [-0.4, -0.2) is 55.7 Å². The summed E-state index contributed by atoms with van der Waals surface area (Å²) >= 11 is 0. The van der Waals surface area contributed by atoms with Crippen LogP contribution in [-0.2, 0) is 9.53 Å². The minimum Gasteiger partial charge on any atom is -0.378 e. The number of nitrogens with one attached hydrogen (secondary N) is 3. The molecule has 0 saturated carbocycles. The quantitative estimate of drug-likeness (QED) is 0.759.